The first-order valence-electron chi connectivity index (χ1n) is 7.31. The third-order valence-electron chi connectivity index (χ3n) is 4.87. The number of fused-ring (bicyclic) bond motifs is 1. The molecular formula is C17H21NO2. The van der Waals surface area contributed by atoms with Gasteiger partial charge in [-0.2, -0.15) is 0 Å². The van der Waals surface area contributed by atoms with Crippen molar-refractivity contribution >= 4 is 11.7 Å². The first-order chi connectivity index (χ1) is 9.40. The zero-order valence-corrected chi connectivity index (χ0v) is 12.4. The van der Waals surface area contributed by atoms with Crippen LogP contribution in [-0.2, 0) is 6.42 Å². The smallest absolute Gasteiger partial charge is 0.253 e. The molecule has 3 heteroatoms. The largest absolute Gasteiger partial charge is 0.341 e. The van der Waals surface area contributed by atoms with Crippen LogP contribution in [0.4, 0.5) is 0 Å². The molecule has 0 N–H and O–H groups in total. The number of rotatable bonds is 3. The van der Waals surface area contributed by atoms with E-state index in [0.29, 0.717) is 29.7 Å². The van der Waals surface area contributed by atoms with E-state index in [0.717, 1.165) is 17.7 Å². The van der Waals surface area contributed by atoms with Gasteiger partial charge in [0.25, 0.3) is 5.91 Å². The Labute approximate surface area is 120 Å². The number of benzene rings is 1. The van der Waals surface area contributed by atoms with E-state index in [2.05, 4.69) is 13.8 Å². The molecule has 0 unspecified atom stereocenters. The summed E-state index contributed by atoms with van der Waals surface area (Å²) in [5.41, 5.74) is 2.79. The highest BCUT2D eigenvalue weighted by Crippen LogP contribution is 2.51. The third-order valence-corrected chi connectivity index (χ3v) is 4.87. The second-order valence-corrected chi connectivity index (χ2v) is 6.83. The molecule has 1 aromatic carbocycles. The number of carbonyl (C=O) groups is 2. The molecule has 0 heterocycles. The lowest BCUT2D eigenvalue weighted by Crippen LogP contribution is -2.30. The summed E-state index contributed by atoms with van der Waals surface area (Å²) >= 11 is 0. The summed E-state index contributed by atoms with van der Waals surface area (Å²) in [6.07, 6.45) is 2.44. The number of amides is 1. The van der Waals surface area contributed by atoms with Crippen molar-refractivity contribution in [2.24, 2.45) is 11.3 Å². The zero-order valence-electron chi connectivity index (χ0n) is 12.4. The predicted octanol–water partition coefficient (Wildman–Crippen LogP) is 2.93. The zero-order chi connectivity index (χ0) is 14.5. The molecule has 1 saturated carbocycles. The van der Waals surface area contributed by atoms with E-state index in [-0.39, 0.29) is 11.7 Å². The Balaban J connectivity index is 1.80. The van der Waals surface area contributed by atoms with E-state index in [1.165, 1.54) is 6.42 Å². The summed E-state index contributed by atoms with van der Waals surface area (Å²) in [5, 5.41) is 0. The van der Waals surface area contributed by atoms with Crippen molar-refractivity contribution in [1.82, 2.24) is 4.90 Å². The van der Waals surface area contributed by atoms with Crippen LogP contribution in [0.15, 0.2) is 18.2 Å². The van der Waals surface area contributed by atoms with Crippen LogP contribution in [0.3, 0.4) is 0 Å². The van der Waals surface area contributed by atoms with E-state index in [1.807, 2.05) is 30.1 Å². The molecule has 1 aromatic rings. The highest BCUT2D eigenvalue weighted by atomic mass is 16.2. The summed E-state index contributed by atoms with van der Waals surface area (Å²) in [7, 11) is 1.87. The van der Waals surface area contributed by atoms with Gasteiger partial charge in [0.05, 0.1) is 0 Å². The van der Waals surface area contributed by atoms with E-state index < -0.39 is 0 Å². The predicted molar refractivity (Wildman–Crippen MR) is 77.9 cm³/mol. The van der Waals surface area contributed by atoms with Gasteiger partial charge in [-0.25, -0.2) is 0 Å². The molecule has 3 rings (SSSR count). The highest BCUT2D eigenvalue weighted by molar-refractivity contribution is 6.05. The van der Waals surface area contributed by atoms with E-state index in [9.17, 15) is 9.59 Å². The van der Waals surface area contributed by atoms with Gasteiger partial charge in [-0.3, -0.25) is 9.59 Å². The summed E-state index contributed by atoms with van der Waals surface area (Å²) in [6.45, 7) is 5.30. The van der Waals surface area contributed by atoms with Crippen LogP contribution in [-0.4, -0.2) is 30.2 Å². The lowest BCUT2D eigenvalue weighted by molar-refractivity contribution is 0.0783. The summed E-state index contributed by atoms with van der Waals surface area (Å²) in [5.74, 6) is 0.828. The monoisotopic (exact) mass is 271 g/mol. The Bertz CT molecular complexity index is 589. The molecule has 0 aromatic heterocycles. The molecule has 3 nitrogen and oxygen atoms in total. The van der Waals surface area contributed by atoms with Gasteiger partial charge in [-0.1, -0.05) is 26.0 Å². The second-order valence-electron chi connectivity index (χ2n) is 6.83. The van der Waals surface area contributed by atoms with Crippen LogP contribution in [0.2, 0.25) is 0 Å². The molecule has 106 valence electrons. The molecule has 2 aliphatic rings. The Morgan fingerprint density at radius 2 is 2.05 bits per heavy atom. The van der Waals surface area contributed by atoms with Gasteiger partial charge in [-0.15, -0.1) is 0 Å². The van der Waals surface area contributed by atoms with Crippen molar-refractivity contribution in [2.45, 2.75) is 33.1 Å². The molecule has 1 atom stereocenters. The minimum Gasteiger partial charge on any atom is -0.341 e. The first-order valence-corrected chi connectivity index (χ1v) is 7.31. The van der Waals surface area contributed by atoms with E-state index >= 15 is 0 Å². The minimum absolute atomic E-state index is 0.0549. The number of ketones is 1. The maximum atomic E-state index is 12.6. The number of hydrogen-bond donors (Lipinski definition) is 0. The standard InChI is InChI=1S/C17H21NO2/c1-17(2)9-11(17)10-18(3)16(20)14-6-4-5-13-12(14)7-8-15(13)19/h4-6,11H,7-10H2,1-3H3/t11-/m0/s1. The maximum Gasteiger partial charge on any atom is 0.253 e. The van der Waals surface area contributed by atoms with Gasteiger partial charge in [0.2, 0.25) is 0 Å². The van der Waals surface area contributed by atoms with Crippen LogP contribution in [0.5, 0.6) is 0 Å². The normalized spacial score (nSPS) is 22.6. The van der Waals surface area contributed by atoms with Crippen molar-refractivity contribution in [2.75, 3.05) is 13.6 Å². The molecule has 1 fully saturated rings. The van der Waals surface area contributed by atoms with Crippen LogP contribution in [0.25, 0.3) is 0 Å². The van der Waals surface area contributed by atoms with Crippen molar-refractivity contribution in [3.8, 4) is 0 Å². The van der Waals surface area contributed by atoms with Gasteiger partial charge in [0.15, 0.2) is 5.78 Å². The Morgan fingerprint density at radius 1 is 1.35 bits per heavy atom. The first kappa shape index (κ1) is 13.3. The molecule has 0 spiro atoms. The highest BCUT2D eigenvalue weighted by Gasteiger charge is 2.46. The van der Waals surface area contributed by atoms with E-state index in [1.54, 1.807) is 0 Å². The fourth-order valence-corrected chi connectivity index (χ4v) is 3.20. The Kier molecular flexibility index (Phi) is 2.96. The number of nitrogens with zero attached hydrogens (tertiary/aromatic N) is 1. The number of Topliss-reactive ketones (excluding diaryl/α,β-unsaturated/α-hetero) is 1. The average molecular weight is 271 g/mol. The minimum atomic E-state index is 0.0549. The van der Waals surface area contributed by atoms with Crippen molar-refractivity contribution in [3.05, 3.63) is 34.9 Å². The van der Waals surface area contributed by atoms with Crippen LogP contribution in [0.1, 0.15) is 53.0 Å². The average Bonchev–Trinajstić information content (AvgIpc) is 2.82. The number of carbonyl (C=O) groups excluding carboxylic acids is 2. The summed E-state index contributed by atoms with van der Waals surface area (Å²) in [4.78, 5) is 26.2. The van der Waals surface area contributed by atoms with Gasteiger partial charge in [0.1, 0.15) is 0 Å². The molecular weight excluding hydrogens is 250 g/mol. The molecule has 2 aliphatic carbocycles. The van der Waals surface area contributed by atoms with Crippen LogP contribution >= 0.6 is 0 Å². The van der Waals surface area contributed by atoms with Crippen molar-refractivity contribution in [3.63, 3.8) is 0 Å². The Hall–Kier alpha value is -1.64. The van der Waals surface area contributed by atoms with Crippen molar-refractivity contribution < 1.29 is 9.59 Å². The number of hydrogen-bond acceptors (Lipinski definition) is 2. The van der Waals surface area contributed by atoms with Gasteiger partial charge in [0, 0.05) is 31.1 Å². The molecule has 1 amide bonds. The third kappa shape index (κ3) is 2.15. The van der Waals surface area contributed by atoms with Gasteiger partial charge in [-0.05, 0) is 35.8 Å². The molecule has 0 saturated heterocycles. The molecule has 0 aliphatic heterocycles. The summed E-state index contributed by atoms with van der Waals surface area (Å²) in [6, 6.07) is 5.52. The van der Waals surface area contributed by atoms with Crippen LogP contribution < -0.4 is 0 Å². The summed E-state index contributed by atoms with van der Waals surface area (Å²) < 4.78 is 0. The molecule has 20 heavy (non-hydrogen) atoms. The SMILES string of the molecule is CN(C[C@@H]1CC1(C)C)C(=O)c1cccc2c1CCC2=O. The second kappa shape index (κ2) is 4.44. The maximum absolute atomic E-state index is 12.6. The fraction of sp³-hybridized carbons (Fsp3) is 0.529. The topological polar surface area (TPSA) is 37.4 Å². The van der Waals surface area contributed by atoms with Gasteiger partial charge >= 0.3 is 0 Å². The van der Waals surface area contributed by atoms with Crippen LogP contribution in [0, 0.1) is 11.3 Å². The Morgan fingerprint density at radius 3 is 2.70 bits per heavy atom. The lowest BCUT2D eigenvalue weighted by Gasteiger charge is -2.19. The van der Waals surface area contributed by atoms with E-state index in [4.69, 9.17) is 0 Å². The molecule has 0 radical (unpaired) electrons. The quantitative estimate of drug-likeness (QED) is 0.847. The van der Waals surface area contributed by atoms with Crippen molar-refractivity contribution in [1.29, 1.82) is 0 Å². The lowest BCUT2D eigenvalue weighted by atomic mass is 10.0. The fourth-order valence-electron chi connectivity index (χ4n) is 3.20. The van der Waals surface area contributed by atoms with Gasteiger partial charge < -0.3 is 4.90 Å². The molecule has 0 bridgehead atoms.